The van der Waals surface area contributed by atoms with Crippen molar-refractivity contribution in [2.45, 2.75) is 20.4 Å². The molecule has 0 radical (unpaired) electrons. The molecule has 1 aromatic carbocycles. The highest BCUT2D eigenvalue weighted by atomic mass is 127. The van der Waals surface area contributed by atoms with Crippen LogP contribution in [-0.4, -0.2) is 59.4 Å². The Morgan fingerprint density at radius 2 is 1.85 bits per heavy atom. The molecule has 2 heterocycles. The molecular formula is C19H26IN5OS. The highest BCUT2D eigenvalue weighted by molar-refractivity contribution is 14.0. The lowest BCUT2D eigenvalue weighted by Gasteiger charge is -2.36. The Balaban J connectivity index is 0.00000261. The van der Waals surface area contributed by atoms with Crippen molar-refractivity contribution in [1.82, 2.24) is 20.1 Å². The Morgan fingerprint density at radius 1 is 1.19 bits per heavy atom. The Labute approximate surface area is 181 Å². The first-order valence-corrected chi connectivity index (χ1v) is 9.84. The highest BCUT2D eigenvalue weighted by Crippen LogP contribution is 2.23. The molecule has 2 aromatic rings. The fraction of sp³-hybridized carbons (Fsp3) is 0.421. The number of thiazole rings is 1. The minimum absolute atomic E-state index is 0. The fourth-order valence-electron chi connectivity index (χ4n) is 2.91. The standard InChI is InChI=1S/C19H25N5OS.HI/c1-3-20-19(24-11-9-23(10-12-24)15(2)25)21-13-17-14-26-18(22-17)16-7-5-4-6-8-16;/h4-8,14H,3,9-13H2,1-2H3,(H,20,21);1H. The lowest BCUT2D eigenvalue weighted by molar-refractivity contribution is -0.130. The Hall–Kier alpha value is -1.68. The molecule has 0 atom stereocenters. The lowest BCUT2D eigenvalue weighted by Crippen LogP contribution is -2.53. The lowest BCUT2D eigenvalue weighted by atomic mass is 10.2. The smallest absolute Gasteiger partial charge is 0.219 e. The number of nitrogens with zero attached hydrogens (tertiary/aromatic N) is 4. The summed E-state index contributed by atoms with van der Waals surface area (Å²) in [4.78, 5) is 25.0. The molecule has 1 N–H and O–H groups in total. The maximum atomic E-state index is 11.5. The molecule has 3 rings (SSSR count). The van der Waals surface area contributed by atoms with Gasteiger partial charge >= 0.3 is 0 Å². The number of nitrogens with one attached hydrogen (secondary N) is 1. The van der Waals surface area contributed by atoms with E-state index in [-0.39, 0.29) is 29.9 Å². The van der Waals surface area contributed by atoms with Crippen LogP contribution in [-0.2, 0) is 11.3 Å². The molecule has 1 amide bonds. The molecule has 1 aliphatic heterocycles. The summed E-state index contributed by atoms with van der Waals surface area (Å²) >= 11 is 1.65. The van der Waals surface area contributed by atoms with Crippen LogP contribution in [0.1, 0.15) is 19.5 Å². The van der Waals surface area contributed by atoms with Gasteiger partial charge in [0.25, 0.3) is 0 Å². The third-order valence-corrected chi connectivity index (χ3v) is 5.26. The van der Waals surface area contributed by atoms with Crippen LogP contribution in [0.15, 0.2) is 40.7 Å². The number of aromatic nitrogens is 1. The quantitative estimate of drug-likeness (QED) is 0.399. The van der Waals surface area contributed by atoms with Gasteiger partial charge in [-0.3, -0.25) is 4.79 Å². The monoisotopic (exact) mass is 499 g/mol. The van der Waals surface area contributed by atoms with E-state index in [1.807, 2.05) is 23.1 Å². The van der Waals surface area contributed by atoms with Gasteiger partial charge < -0.3 is 15.1 Å². The van der Waals surface area contributed by atoms with E-state index >= 15 is 0 Å². The third-order valence-electron chi connectivity index (χ3n) is 4.32. The summed E-state index contributed by atoms with van der Waals surface area (Å²) in [6.45, 7) is 8.16. The zero-order valence-corrected chi connectivity index (χ0v) is 18.9. The second-order valence-corrected chi connectivity index (χ2v) is 7.03. The van der Waals surface area contributed by atoms with Crippen molar-refractivity contribution in [3.8, 4) is 10.6 Å². The summed E-state index contributed by atoms with van der Waals surface area (Å²) in [6.07, 6.45) is 0. The average molecular weight is 499 g/mol. The predicted octanol–water partition coefficient (Wildman–Crippen LogP) is 3.06. The van der Waals surface area contributed by atoms with E-state index in [0.29, 0.717) is 6.54 Å². The summed E-state index contributed by atoms with van der Waals surface area (Å²) in [5.74, 6) is 1.03. The van der Waals surface area contributed by atoms with Crippen molar-refractivity contribution in [3.05, 3.63) is 41.4 Å². The molecule has 0 bridgehead atoms. The second kappa shape index (κ2) is 10.6. The predicted molar refractivity (Wildman–Crippen MR) is 122 cm³/mol. The molecule has 0 spiro atoms. The van der Waals surface area contributed by atoms with Gasteiger partial charge in [0, 0.05) is 50.6 Å². The fourth-order valence-corrected chi connectivity index (χ4v) is 3.72. The van der Waals surface area contributed by atoms with Crippen LogP contribution in [0.25, 0.3) is 10.6 Å². The van der Waals surface area contributed by atoms with E-state index in [1.165, 1.54) is 0 Å². The Bertz CT molecular complexity index is 756. The molecule has 0 aliphatic carbocycles. The summed E-state index contributed by atoms with van der Waals surface area (Å²) in [7, 11) is 0. The van der Waals surface area contributed by atoms with Crippen molar-refractivity contribution in [2.24, 2.45) is 4.99 Å². The van der Waals surface area contributed by atoms with Gasteiger partial charge in [0.15, 0.2) is 5.96 Å². The second-order valence-electron chi connectivity index (χ2n) is 6.17. The van der Waals surface area contributed by atoms with Gasteiger partial charge in [0.2, 0.25) is 5.91 Å². The van der Waals surface area contributed by atoms with Gasteiger partial charge in [-0.25, -0.2) is 9.98 Å². The summed E-state index contributed by atoms with van der Waals surface area (Å²) < 4.78 is 0. The Kier molecular flexibility index (Phi) is 8.49. The number of carbonyl (C=O) groups excluding carboxylic acids is 1. The highest BCUT2D eigenvalue weighted by Gasteiger charge is 2.20. The first-order chi connectivity index (χ1) is 12.7. The van der Waals surface area contributed by atoms with Crippen molar-refractivity contribution >= 4 is 47.2 Å². The number of benzene rings is 1. The van der Waals surface area contributed by atoms with Crippen LogP contribution in [0, 0.1) is 0 Å². The molecule has 1 aromatic heterocycles. The summed E-state index contributed by atoms with van der Waals surface area (Å²) in [5, 5.41) is 6.45. The first-order valence-electron chi connectivity index (χ1n) is 8.96. The molecule has 8 heteroatoms. The molecule has 1 saturated heterocycles. The molecular weight excluding hydrogens is 473 g/mol. The van der Waals surface area contributed by atoms with Crippen molar-refractivity contribution in [1.29, 1.82) is 0 Å². The summed E-state index contributed by atoms with van der Waals surface area (Å²) in [6, 6.07) is 10.2. The number of amides is 1. The molecule has 1 aliphatic rings. The molecule has 6 nitrogen and oxygen atoms in total. The number of piperazine rings is 1. The van der Waals surface area contributed by atoms with E-state index in [2.05, 4.69) is 34.7 Å². The molecule has 146 valence electrons. The SMILES string of the molecule is CCNC(=NCc1csc(-c2ccccc2)n1)N1CCN(C(C)=O)CC1.I. The van der Waals surface area contributed by atoms with Crippen molar-refractivity contribution < 1.29 is 4.79 Å². The third kappa shape index (κ3) is 5.90. The van der Waals surface area contributed by atoms with Crippen molar-refractivity contribution in [2.75, 3.05) is 32.7 Å². The normalized spacial score (nSPS) is 14.7. The number of hydrogen-bond donors (Lipinski definition) is 1. The van der Waals surface area contributed by atoms with Crippen molar-refractivity contribution in [3.63, 3.8) is 0 Å². The number of aliphatic imine (C=N–C) groups is 1. The van der Waals surface area contributed by atoms with E-state index in [0.717, 1.165) is 54.9 Å². The number of carbonyl (C=O) groups is 1. The van der Waals surface area contributed by atoms with Crippen LogP contribution in [0.2, 0.25) is 0 Å². The van der Waals surface area contributed by atoms with Crippen LogP contribution in [0.3, 0.4) is 0 Å². The zero-order chi connectivity index (χ0) is 18.4. The van der Waals surface area contributed by atoms with Crippen LogP contribution < -0.4 is 5.32 Å². The number of rotatable bonds is 4. The average Bonchev–Trinajstić information content (AvgIpc) is 3.15. The van der Waals surface area contributed by atoms with Gasteiger partial charge in [-0.2, -0.15) is 0 Å². The maximum Gasteiger partial charge on any atom is 0.219 e. The number of halogens is 1. The molecule has 0 saturated carbocycles. The largest absolute Gasteiger partial charge is 0.357 e. The zero-order valence-electron chi connectivity index (χ0n) is 15.7. The van der Waals surface area contributed by atoms with E-state index in [1.54, 1.807) is 18.3 Å². The maximum absolute atomic E-state index is 11.5. The Morgan fingerprint density at radius 3 is 2.48 bits per heavy atom. The van der Waals surface area contributed by atoms with Gasteiger partial charge in [0.1, 0.15) is 5.01 Å². The number of guanidine groups is 1. The van der Waals surface area contributed by atoms with E-state index < -0.39 is 0 Å². The van der Waals surface area contributed by atoms with Gasteiger partial charge in [-0.05, 0) is 6.92 Å². The van der Waals surface area contributed by atoms with E-state index in [4.69, 9.17) is 9.98 Å². The number of hydrogen-bond acceptors (Lipinski definition) is 4. The van der Waals surface area contributed by atoms with Crippen LogP contribution in [0.5, 0.6) is 0 Å². The van der Waals surface area contributed by atoms with Gasteiger partial charge in [-0.15, -0.1) is 35.3 Å². The first kappa shape index (κ1) is 21.6. The topological polar surface area (TPSA) is 60.8 Å². The van der Waals surface area contributed by atoms with Crippen LogP contribution >= 0.6 is 35.3 Å². The molecule has 1 fully saturated rings. The van der Waals surface area contributed by atoms with Crippen LogP contribution in [0.4, 0.5) is 0 Å². The van der Waals surface area contributed by atoms with E-state index in [9.17, 15) is 4.79 Å². The minimum atomic E-state index is 0. The summed E-state index contributed by atoms with van der Waals surface area (Å²) in [5.41, 5.74) is 2.12. The van der Waals surface area contributed by atoms with Gasteiger partial charge in [-0.1, -0.05) is 30.3 Å². The molecule has 27 heavy (non-hydrogen) atoms. The van der Waals surface area contributed by atoms with Gasteiger partial charge in [0.05, 0.1) is 12.2 Å². The molecule has 0 unspecified atom stereocenters. The minimum Gasteiger partial charge on any atom is -0.357 e.